The number of fused-ring (bicyclic) bond motifs is 1. The number of carbonyl (C=O) groups is 2. The highest BCUT2D eigenvalue weighted by Gasteiger charge is 2.34. The van der Waals surface area contributed by atoms with Crippen molar-refractivity contribution in [3.63, 3.8) is 0 Å². The van der Waals surface area contributed by atoms with Gasteiger partial charge in [-0.1, -0.05) is 35.6 Å². The van der Waals surface area contributed by atoms with E-state index in [4.69, 9.17) is 21.9 Å². The van der Waals surface area contributed by atoms with Crippen molar-refractivity contribution in [2.24, 2.45) is 5.92 Å². The summed E-state index contributed by atoms with van der Waals surface area (Å²) in [5.74, 6) is 0.589. The van der Waals surface area contributed by atoms with Gasteiger partial charge in [0.25, 0.3) is 5.91 Å². The van der Waals surface area contributed by atoms with Crippen molar-refractivity contribution in [2.45, 2.75) is 46.6 Å². The summed E-state index contributed by atoms with van der Waals surface area (Å²) in [7, 11) is 0. The van der Waals surface area contributed by atoms with Gasteiger partial charge in [0.2, 0.25) is 0 Å². The lowest BCUT2D eigenvalue weighted by atomic mass is 9.96. The van der Waals surface area contributed by atoms with Crippen LogP contribution >= 0.6 is 24.0 Å². The number of thiocarbonyl (C=S) groups is 1. The van der Waals surface area contributed by atoms with E-state index in [0.29, 0.717) is 28.9 Å². The molecule has 6 nitrogen and oxygen atoms in total. The van der Waals surface area contributed by atoms with E-state index in [9.17, 15) is 9.59 Å². The topological polar surface area (TPSA) is 62.7 Å². The van der Waals surface area contributed by atoms with Crippen LogP contribution in [0.1, 0.15) is 44.7 Å². The normalized spacial score (nSPS) is 18.8. The Kier molecular flexibility index (Phi) is 7.05. The molecule has 0 saturated carbocycles. The number of esters is 1. The maximum Gasteiger partial charge on any atom is 0.309 e. The number of nitrogens with zero attached hydrogens (tertiary/aromatic N) is 3. The molecule has 2 saturated heterocycles. The summed E-state index contributed by atoms with van der Waals surface area (Å²) >= 11 is 6.80. The molecule has 2 aromatic rings. The molecule has 8 heteroatoms. The van der Waals surface area contributed by atoms with Gasteiger partial charge in [-0.05, 0) is 64.8 Å². The van der Waals surface area contributed by atoms with Crippen LogP contribution in [0.2, 0.25) is 0 Å². The first-order valence-corrected chi connectivity index (χ1v) is 12.6. The van der Waals surface area contributed by atoms with Crippen LogP contribution in [0.4, 0.5) is 5.82 Å². The smallest absolute Gasteiger partial charge is 0.309 e. The molecule has 2 aliphatic heterocycles. The number of piperidine rings is 1. The average Bonchev–Trinajstić information content (AvgIpc) is 3.06. The molecule has 0 aliphatic carbocycles. The SMILES string of the molecule is CCOC(=O)C1CCN(c2nc3ccc(C)cc3cc2/C=C2\SC(=S)N(C(C)C)C2=O)CC1. The maximum absolute atomic E-state index is 13.0. The summed E-state index contributed by atoms with van der Waals surface area (Å²) in [4.78, 5) is 34.7. The molecule has 0 atom stereocenters. The van der Waals surface area contributed by atoms with Crippen molar-refractivity contribution in [3.8, 4) is 0 Å². The fourth-order valence-corrected chi connectivity index (χ4v) is 5.83. The molecule has 0 unspecified atom stereocenters. The molecule has 4 rings (SSSR count). The Hall–Kier alpha value is -2.45. The highest BCUT2D eigenvalue weighted by molar-refractivity contribution is 8.26. The minimum absolute atomic E-state index is 0.0159. The summed E-state index contributed by atoms with van der Waals surface area (Å²) in [6.07, 6.45) is 3.37. The summed E-state index contributed by atoms with van der Waals surface area (Å²) in [5.41, 5.74) is 2.96. The Labute approximate surface area is 204 Å². The summed E-state index contributed by atoms with van der Waals surface area (Å²) in [6, 6.07) is 8.31. The van der Waals surface area contributed by atoms with Crippen molar-refractivity contribution in [2.75, 3.05) is 24.6 Å². The molecule has 0 spiro atoms. The highest BCUT2D eigenvalue weighted by atomic mass is 32.2. The largest absolute Gasteiger partial charge is 0.466 e. The average molecular weight is 484 g/mol. The van der Waals surface area contributed by atoms with Gasteiger partial charge >= 0.3 is 5.97 Å². The lowest BCUT2D eigenvalue weighted by molar-refractivity contribution is -0.148. The quantitative estimate of drug-likeness (QED) is 0.339. The second-order valence-electron chi connectivity index (χ2n) is 8.76. The molecular weight excluding hydrogens is 454 g/mol. The number of rotatable bonds is 5. The standard InChI is InChI=1S/C25H29N3O3S2/c1-5-31-24(30)17-8-10-27(11-9-17)22-19(13-18-12-16(4)6-7-20(18)26-22)14-21-23(29)28(15(2)3)25(32)33-21/h6-7,12-15,17H,5,8-11H2,1-4H3/b21-14-. The number of hydrogen-bond acceptors (Lipinski definition) is 7. The zero-order chi connectivity index (χ0) is 23.7. The van der Waals surface area contributed by atoms with E-state index >= 15 is 0 Å². The molecule has 0 radical (unpaired) electrons. The predicted octanol–water partition coefficient (Wildman–Crippen LogP) is 4.93. The second-order valence-corrected chi connectivity index (χ2v) is 10.4. The fraction of sp³-hybridized carbons (Fsp3) is 0.440. The third kappa shape index (κ3) is 4.92. The Morgan fingerprint density at radius 1 is 1.30 bits per heavy atom. The van der Waals surface area contributed by atoms with Crippen LogP contribution in [0.5, 0.6) is 0 Å². The molecule has 1 aromatic heterocycles. The minimum Gasteiger partial charge on any atom is -0.466 e. The molecule has 2 fully saturated rings. The van der Waals surface area contributed by atoms with Crippen LogP contribution in [-0.4, -0.2) is 51.8 Å². The first kappa shape index (κ1) is 23.7. The molecule has 2 aliphatic rings. The number of pyridine rings is 1. The van der Waals surface area contributed by atoms with Gasteiger partial charge < -0.3 is 9.64 Å². The lowest BCUT2D eigenvalue weighted by Gasteiger charge is -2.32. The molecule has 0 N–H and O–H groups in total. The first-order valence-electron chi connectivity index (χ1n) is 11.4. The van der Waals surface area contributed by atoms with Crippen molar-refractivity contribution < 1.29 is 14.3 Å². The Morgan fingerprint density at radius 2 is 2.03 bits per heavy atom. The molecule has 33 heavy (non-hydrogen) atoms. The summed E-state index contributed by atoms with van der Waals surface area (Å²) in [6.45, 7) is 9.65. The molecule has 174 valence electrons. The minimum atomic E-state index is -0.114. The van der Waals surface area contributed by atoms with E-state index in [1.54, 1.807) is 4.90 Å². The number of benzene rings is 1. The molecular formula is C25H29N3O3S2. The van der Waals surface area contributed by atoms with E-state index in [1.165, 1.54) is 11.8 Å². The van der Waals surface area contributed by atoms with Gasteiger partial charge in [0.15, 0.2) is 0 Å². The number of ether oxygens (including phenoxy) is 1. The van der Waals surface area contributed by atoms with Gasteiger partial charge in [0.1, 0.15) is 10.1 Å². The zero-order valence-corrected chi connectivity index (χ0v) is 21.1. The van der Waals surface area contributed by atoms with E-state index < -0.39 is 0 Å². The molecule has 1 aromatic carbocycles. The Balaban J connectivity index is 1.70. The molecule has 0 bridgehead atoms. The van der Waals surface area contributed by atoms with Crippen molar-refractivity contribution in [1.82, 2.24) is 9.88 Å². The van der Waals surface area contributed by atoms with Crippen LogP contribution < -0.4 is 4.90 Å². The van der Waals surface area contributed by atoms with E-state index in [1.807, 2.05) is 32.9 Å². The van der Waals surface area contributed by atoms with Crippen LogP contribution in [-0.2, 0) is 14.3 Å². The van der Waals surface area contributed by atoms with Crippen LogP contribution in [0.3, 0.4) is 0 Å². The van der Waals surface area contributed by atoms with Crippen LogP contribution in [0.15, 0.2) is 29.2 Å². The third-order valence-corrected chi connectivity index (χ3v) is 7.35. The number of aryl methyl sites for hydroxylation is 1. The van der Waals surface area contributed by atoms with E-state index in [0.717, 1.165) is 40.7 Å². The predicted molar refractivity (Wildman–Crippen MR) is 138 cm³/mol. The van der Waals surface area contributed by atoms with E-state index in [-0.39, 0.29) is 23.8 Å². The van der Waals surface area contributed by atoms with Crippen LogP contribution in [0.25, 0.3) is 17.0 Å². The number of hydrogen-bond donors (Lipinski definition) is 0. The van der Waals surface area contributed by atoms with Gasteiger partial charge in [-0.15, -0.1) is 0 Å². The number of aromatic nitrogens is 1. The monoisotopic (exact) mass is 483 g/mol. The maximum atomic E-state index is 13.0. The van der Waals surface area contributed by atoms with Gasteiger partial charge in [0.05, 0.1) is 22.9 Å². The Morgan fingerprint density at radius 3 is 2.67 bits per heavy atom. The van der Waals surface area contributed by atoms with Gasteiger partial charge in [-0.25, -0.2) is 4.98 Å². The molecule has 3 heterocycles. The number of thioether (sulfide) groups is 1. The van der Waals surface area contributed by atoms with Crippen molar-refractivity contribution >= 4 is 63.0 Å². The van der Waals surface area contributed by atoms with Gasteiger partial charge in [0, 0.05) is 30.1 Å². The van der Waals surface area contributed by atoms with Gasteiger partial charge in [-0.3, -0.25) is 14.5 Å². The van der Waals surface area contributed by atoms with Crippen LogP contribution in [0, 0.1) is 12.8 Å². The number of anilines is 1. The van der Waals surface area contributed by atoms with Gasteiger partial charge in [-0.2, -0.15) is 0 Å². The fourth-order valence-electron chi connectivity index (χ4n) is 4.31. The van der Waals surface area contributed by atoms with Crippen molar-refractivity contribution in [3.05, 3.63) is 40.3 Å². The summed E-state index contributed by atoms with van der Waals surface area (Å²) in [5, 5.41) is 1.03. The second kappa shape index (κ2) is 9.81. The lowest BCUT2D eigenvalue weighted by Crippen LogP contribution is -2.37. The van der Waals surface area contributed by atoms with Crippen molar-refractivity contribution in [1.29, 1.82) is 0 Å². The molecule has 1 amide bonds. The zero-order valence-electron chi connectivity index (χ0n) is 19.5. The van der Waals surface area contributed by atoms with E-state index in [2.05, 4.69) is 30.0 Å². The number of amides is 1. The summed E-state index contributed by atoms with van der Waals surface area (Å²) < 4.78 is 5.80. The Bertz CT molecular complexity index is 1140. The first-order chi connectivity index (χ1) is 15.8. The highest BCUT2D eigenvalue weighted by Crippen LogP contribution is 2.36. The number of carbonyl (C=O) groups excluding carboxylic acids is 2. The third-order valence-electron chi connectivity index (χ3n) is 6.02.